The molecule has 0 aliphatic rings. The molecule has 0 aliphatic heterocycles. The summed E-state index contributed by atoms with van der Waals surface area (Å²) in [6.07, 6.45) is 0. The standard InChI is InChI=1S/C22H25.C18H17.C2H6Si.2ClH.Zr/c1-15(2)18-13-17-7-6-8-20(21(17)14-18)16-9-11-19(12-10-16)22(3,4)5;1-12-10-17-14(3)8-9-16(18(17)11-12)15-7-5-4-6-13(15)2;1-3-2;;;/h6-15H,1-5H3;4-11H,1-3H3;1-2H3;2*1H;/q2*-1;;;;+4/p-2. The molecule has 0 atom stereocenters. The van der Waals surface area contributed by atoms with Crippen molar-refractivity contribution in [3.05, 3.63) is 131 Å². The maximum absolute atomic E-state index is 4.93. The molecular weight excluding hydrogens is 695 g/mol. The molecule has 238 valence electrons. The number of benzene rings is 4. The molecule has 6 aromatic carbocycles. The van der Waals surface area contributed by atoms with Crippen LogP contribution in [0.2, 0.25) is 13.1 Å². The van der Waals surface area contributed by atoms with Crippen molar-refractivity contribution in [1.82, 2.24) is 0 Å². The molecule has 0 aliphatic carbocycles. The van der Waals surface area contributed by atoms with E-state index in [1.165, 1.54) is 71.6 Å². The second-order valence-electron chi connectivity index (χ2n) is 13.3. The van der Waals surface area contributed by atoms with Gasteiger partial charge in [-0.3, -0.25) is 0 Å². The average molecular weight is 743 g/mol. The number of rotatable bonds is 3. The Balaban J connectivity index is 0.000000217. The van der Waals surface area contributed by atoms with Gasteiger partial charge >= 0.3 is 37.9 Å². The van der Waals surface area contributed by atoms with Crippen molar-refractivity contribution >= 4 is 48.1 Å². The van der Waals surface area contributed by atoms with E-state index in [0.717, 1.165) is 9.52 Å². The summed E-state index contributed by atoms with van der Waals surface area (Å²) < 4.78 is 0. The van der Waals surface area contributed by atoms with Gasteiger partial charge in [0.15, 0.2) is 0 Å². The van der Waals surface area contributed by atoms with Crippen molar-refractivity contribution < 1.29 is 20.8 Å². The molecule has 0 nitrogen and oxygen atoms in total. The molecule has 0 fully saturated rings. The third kappa shape index (κ3) is 9.90. The van der Waals surface area contributed by atoms with E-state index in [2.05, 4.69) is 172 Å². The second kappa shape index (κ2) is 17.8. The number of hydrogen-bond acceptors (Lipinski definition) is 0. The zero-order chi connectivity index (χ0) is 34.0. The third-order valence-corrected chi connectivity index (χ3v) is 8.19. The predicted octanol–water partition coefficient (Wildman–Crippen LogP) is 14.0. The number of hydrogen-bond donors (Lipinski definition) is 0. The second-order valence-corrected chi connectivity index (χ2v) is 18.0. The molecule has 4 heteroatoms. The Morgan fingerprint density at radius 2 is 1.28 bits per heavy atom. The summed E-state index contributed by atoms with van der Waals surface area (Å²) >= 11 is -0.826. The number of fused-ring (bicyclic) bond motifs is 2. The van der Waals surface area contributed by atoms with Gasteiger partial charge < -0.3 is 0 Å². The van der Waals surface area contributed by atoms with Crippen LogP contribution in [0.5, 0.6) is 0 Å². The predicted molar refractivity (Wildman–Crippen MR) is 206 cm³/mol. The maximum atomic E-state index is 4.93. The zero-order valence-corrected chi connectivity index (χ0v) is 34.1. The molecule has 0 heterocycles. The van der Waals surface area contributed by atoms with E-state index in [4.69, 9.17) is 17.0 Å². The summed E-state index contributed by atoms with van der Waals surface area (Å²) in [6, 6.07) is 38.0. The fourth-order valence-corrected chi connectivity index (χ4v) is 5.69. The van der Waals surface area contributed by atoms with Crippen LogP contribution in [0, 0.1) is 20.8 Å². The Kier molecular flexibility index (Phi) is 14.8. The van der Waals surface area contributed by atoms with E-state index >= 15 is 0 Å². The molecule has 6 rings (SSSR count). The Morgan fingerprint density at radius 1 is 0.674 bits per heavy atom. The van der Waals surface area contributed by atoms with Gasteiger partial charge in [-0.1, -0.05) is 133 Å². The Bertz CT molecular complexity index is 1820. The SMILES string of the molecule is CC(C)c1cc2c(-c3ccc(C(C)(C)C)cc3)cccc2[cH-]1.C[Si]C.Cc1cc2c(-c3ccccc3C)ccc(C)c2[cH-]1.[Cl][Zr+2][Cl]. The zero-order valence-electron chi connectivity index (χ0n) is 29.1. The van der Waals surface area contributed by atoms with Crippen LogP contribution in [-0.4, -0.2) is 9.52 Å². The topological polar surface area (TPSA) is 0 Å². The summed E-state index contributed by atoms with van der Waals surface area (Å²) in [5.74, 6) is 0.573. The molecule has 2 radical (unpaired) electrons. The van der Waals surface area contributed by atoms with Crippen LogP contribution in [0.15, 0.2) is 103 Å². The first kappa shape index (κ1) is 38.2. The van der Waals surface area contributed by atoms with E-state index in [1.807, 2.05) is 0 Å². The van der Waals surface area contributed by atoms with Crippen molar-refractivity contribution in [2.24, 2.45) is 0 Å². The summed E-state index contributed by atoms with van der Waals surface area (Å²) in [7, 11) is 11.0. The molecule has 0 spiro atoms. The third-order valence-electron chi connectivity index (χ3n) is 8.19. The molecular formula is C42H48Cl2SiZr. The molecule has 6 aromatic rings. The van der Waals surface area contributed by atoms with Crippen molar-refractivity contribution in [3.63, 3.8) is 0 Å². The van der Waals surface area contributed by atoms with E-state index in [9.17, 15) is 0 Å². The molecule has 0 N–H and O–H groups in total. The van der Waals surface area contributed by atoms with Gasteiger partial charge in [0.1, 0.15) is 0 Å². The Labute approximate surface area is 299 Å². The van der Waals surface area contributed by atoms with E-state index in [-0.39, 0.29) is 5.41 Å². The van der Waals surface area contributed by atoms with Crippen LogP contribution in [0.4, 0.5) is 0 Å². The molecule has 0 aromatic heterocycles. The summed E-state index contributed by atoms with van der Waals surface area (Å²) in [5.41, 5.74) is 12.4. The molecule has 0 saturated heterocycles. The number of aryl methyl sites for hydroxylation is 3. The van der Waals surface area contributed by atoms with Gasteiger partial charge in [0.2, 0.25) is 0 Å². The molecule has 46 heavy (non-hydrogen) atoms. The first-order valence-corrected chi connectivity index (χ1v) is 24.3. The minimum atomic E-state index is -0.826. The van der Waals surface area contributed by atoms with Crippen molar-refractivity contribution in [2.75, 3.05) is 0 Å². The van der Waals surface area contributed by atoms with Crippen LogP contribution < -0.4 is 0 Å². The average Bonchev–Trinajstić information content (AvgIpc) is 3.63. The van der Waals surface area contributed by atoms with Gasteiger partial charge in [0, 0.05) is 9.52 Å². The van der Waals surface area contributed by atoms with Gasteiger partial charge in [-0.15, -0.1) is 68.6 Å². The van der Waals surface area contributed by atoms with Gasteiger partial charge in [0.25, 0.3) is 0 Å². The van der Waals surface area contributed by atoms with Crippen LogP contribution >= 0.6 is 17.0 Å². The summed E-state index contributed by atoms with van der Waals surface area (Å²) in [5, 5.41) is 5.48. The van der Waals surface area contributed by atoms with E-state index in [0.29, 0.717) is 5.92 Å². The van der Waals surface area contributed by atoms with Crippen LogP contribution in [0.3, 0.4) is 0 Å². The minimum absolute atomic E-state index is 0.204. The summed E-state index contributed by atoms with van der Waals surface area (Å²) in [6.45, 7) is 22.1. The van der Waals surface area contributed by atoms with Crippen LogP contribution in [0.25, 0.3) is 43.8 Å². The van der Waals surface area contributed by atoms with Gasteiger partial charge in [-0.25, -0.2) is 0 Å². The molecule has 0 bridgehead atoms. The fraction of sp³-hybridized carbons (Fsp3) is 0.286. The Morgan fingerprint density at radius 3 is 1.87 bits per heavy atom. The fourth-order valence-electron chi connectivity index (χ4n) is 5.69. The Hall–Kier alpha value is -2.22. The van der Waals surface area contributed by atoms with E-state index < -0.39 is 20.8 Å². The first-order chi connectivity index (χ1) is 21.9. The van der Waals surface area contributed by atoms with Crippen LogP contribution in [-0.2, 0) is 26.3 Å². The molecule has 0 unspecified atom stereocenters. The normalized spacial score (nSPS) is 10.8. The molecule has 0 amide bonds. The van der Waals surface area contributed by atoms with E-state index in [1.54, 1.807) is 0 Å². The van der Waals surface area contributed by atoms with Gasteiger partial charge in [0.05, 0.1) is 0 Å². The quantitative estimate of drug-likeness (QED) is 0.125. The van der Waals surface area contributed by atoms with Gasteiger partial charge in [-0.05, 0) is 40.5 Å². The van der Waals surface area contributed by atoms with Crippen molar-refractivity contribution in [2.45, 2.75) is 79.8 Å². The molecule has 0 saturated carbocycles. The van der Waals surface area contributed by atoms with Crippen LogP contribution in [0.1, 0.15) is 68.4 Å². The van der Waals surface area contributed by atoms with Gasteiger partial charge in [-0.2, -0.15) is 12.1 Å². The van der Waals surface area contributed by atoms with Crippen molar-refractivity contribution in [3.8, 4) is 22.3 Å². The summed E-state index contributed by atoms with van der Waals surface area (Å²) in [4.78, 5) is 0. The first-order valence-electron chi connectivity index (χ1n) is 15.9. The number of halogens is 2. The van der Waals surface area contributed by atoms with Crippen molar-refractivity contribution in [1.29, 1.82) is 0 Å². The monoisotopic (exact) mass is 740 g/mol.